The molecule has 1 atom stereocenters. The lowest BCUT2D eigenvalue weighted by molar-refractivity contribution is -0.174. The molecule has 0 aliphatic carbocycles. The molecule has 1 fully saturated rings. The summed E-state index contributed by atoms with van der Waals surface area (Å²) < 4.78 is 37.9. The minimum Gasteiger partial charge on any atom is -0.338 e. The van der Waals surface area contributed by atoms with Crippen LogP contribution in [0.5, 0.6) is 0 Å². The largest absolute Gasteiger partial charge is 0.413 e. The normalized spacial score (nSPS) is 23.0. The van der Waals surface area contributed by atoms with Crippen molar-refractivity contribution in [3.05, 3.63) is 0 Å². The smallest absolute Gasteiger partial charge is 0.338 e. The quantitative estimate of drug-likeness (QED) is 0.507. The lowest BCUT2D eigenvalue weighted by atomic mass is 10.1. The van der Waals surface area contributed by atoms with Crippen LogP contribution in [0.2, 0.25) is 0 Å². The zero-order valence-electron chi connectivity index (χ0n) is 9.67. The summed E-state index contributed by atoms with van der Waals surface area (Å²) in [7, 11) is 0. The van der Waals surface area contributed by atoms with Crippen molar-refractivity contribution in [2.24, 2.45) is 9.98 Å². The third kappa shape index (κ3) is 2.36. The molecule has 0 amide bonds. The summed E-state index contributed by atoms with van der Waals surface area (Å²) in [5, 5.41) is 0. The molecule has 1 rings (SSSR count). The Morgan fingerprint density at radius 2 is 1.94 bits per heavy atom. The zero-order chi connectivity index (χ0) is 12.6. The predicted molar refractivity (Wildman–Crippen MR) is 57.9 cm³/mol. The van der Waals surface area contributed by atoms with Gasteiger partial charge in [0.1, 0.15) is 0 Å². The van der Waals surface area contributed by atoms with Crippen LogP contribution in [0.4, 0.5) is 13.2 Å². The van der Waals surface area contributed by atoms with Crippen molar-refractivity contribution in [3.63, 3.8) is 0 Å². The summed E-state index contributed by atoms with van der Waals surface area (Å²) >= 11 is 0. The maximum atomic E-state index is 12.6. The third-order valence-corrected chi connectivity index (χ3v) is 2.79. The van der Waals surface area contributed by atoms with Crippen LogP contribution in [0.3, 0.4) is 0 Å². The van der Waals surface area contributed by atoms with Crippen molar-refractivity contribution in [1.82, 2.24) is 4.90 Å². The first kappa shape index (κ1) is 13.0. The van der Waals surface area contributed by atoms with Gasteiger partial charge in [0.2, 0.25) is 5.96 Å². The van der Waals surface area contributed by atoms with Gasteiger partial charge in [-0.2, -0.15) is 13.2 Å². The minimum atomic E-state index is -4.38. The number of rotatable bonds is 1. The van der Waals surface area contributed by atoms with E-state index < -0.39 is 11.7 Å². The van der Waals surface area contributed by atoms with Gasteiger partial charge in [-0.15, -0.1) is 0 Å². The van der Waals surface area contributed by atoms with Gasteiger partial charge in [0, 0.05) is 12.6 Å². The average Bonchev–Trinajstić information content (AvgIpc) is 2.12. The second-order valence-electron chi connectivity index (χ2n) is 4.46. The Morgan fingerprint density at radius 3 is 2.19 bits per heavy atom. The summed E-state index contributed by atoms with van der Waals surface area (Å²) in [5.41, 5.74) is -2.13. The Bertz CT molecular complexity index is 307. The maximum absolute atomic E-state index is 12.6. The summed E-state index contributed by atoms with van der Waals surface area (Å²) in [4.78, 5) is 8.97. The number of aliphatic imine (C=N–C) groups is 2. The van der Waals surface area contributed by atoms with Crippen molar-refractivity contribution in [3.8, 4) is 0 Å². The Labute approximate surface area is 93.1 Å². The van der Waals surface area contributed by atoms with Gasteiger partial charge in [-0.25, -0.2) is 9.98 Å². The van der Waals surface area contributed by atoms with Gasteiger partial charge in [0.15, 0.2) is 5.54 Å². The van der Waals surface area contributed by atoms with Gasteiger partial charge in [-0.3, -0.25) is 0 Å². The van der Waals surface area contributed by atoms with E-state index in [1.807, 2.05) is 6.92 Å². The first-order valence-corrected chi connectivity index (χ1v) is 5.09. The Morgan fingerprint density at radius 1 is 1.38 bits per heavy atom. The van der Waals surface area contributed by atoms with Gasteiger partial charge < -0.3 is 4.90 Å². The van der Waals surface area contributed by atoms with Gasteiger partial charge in [0.05, 0.1) is 0 Å². The zero-order valence-corrected chi connectivity index (χ0v) is 9.67. The van der Waals surface area contributed by atoms with Gasteiger partial charge in [0.25, 0.3) is 0 Å². The maximum Gasteiger partial charge on any atom is 0.413 e. The molecule has 16 heavy (non-hydrogen) atoms. The fourth-order valence-electron chi connectivity index (χ4n) is 1.32. The molecule has 0 bridgehead atoms. The highest BCUT2D eigenvalue weighted by Gasteiger charge is 2.48. The highest BCUT2D eigenvalue weighted by Crippen LogP contribution is 2.34. The fourth-order valence-corrected chi connectivity index (χ4v) is 1.32. The number of hydrogen-bond donors (Lipinski definition) is 0. The second kappa shape index (κ2) is 4.07. The summed E-state index contributed by atoms with van der Waals surface area (Å²) in [6.45, 7) is 7.94. The number of nitrogens with zero attached hydrogens (tertiary/aromatic N) is 3. The molecule has 1 aliphatic heterocycles. The van der Waals surface area contributed by atoms with Gasteiger partial charge in [-0.1, -0.05) is 0 Å². The van der Waals surface area contributed by atoms with E-state index in [-0.39, 0.29) is 12.0 Å². The molecule has 0 aromatic heterocycles. The molecule has 1 saturated heterocycles. The predicted octanol–water partition coefficient (Wildman–Crippen LogP) is 2.48. The van der Waals surface area contributed by atoms with Crippen LogP contribution in [-0.2, 0) is 0 Å². The highest BCUT2D eigenvalue weighted by atomic mass is 19.4. The summed E-state index contributed by atoms with van der Waals surface area (Å²) in [6.07, 6.45) is -3.43. The van der Waals surface area contributed by atoms with E-state index in [9.17, 15) is 13.2 Å². The van der Waals surface area contributed by atoms with E-state index in [1.165, 1.54) is 0 Å². The van der Waals surface area contributed by atoms with E-state index in [4.69, 9.17) is 0 Å². The van der Waals surface area contributed by atoms with E-state index in [0.29, 0.717) is 6.54 Å². The molecule has 0 saturated carbocycles. The van der Waals surface area contributed by atoms with Crippen molar-refractivity contribution in [2.75, 3.05) is 6.54 Å². The van der Waals surface area contributed by atoms with Crippen LogP contribution in [0, 0.1) is 0 Å². The molecule has 1 aliphatic rings. The molecule has 0 spiro atoms. The van der Waals surface area contributed by atoms with Crippen LogP contribution in [-0.4, -0.2) is 41.9 Å². The lowest BCUT2D eigenvalue weighted by Gasteiger charge is -2.40. The highest BCUT2D eigenvalue weighted by molar-refractivity contribution is 5.85. The molecule has 0 aromatic carbocycles. The second-order valence-corrected chi connectivity index (χ2v) is 4.46. The number of guanidine groups is 1. The Hall–Kier alpha value is -1.07. The van der Waals surface area contributed by atoms with Gasteiger partial charge in [-0.05, 0) is 33.9 Å². The SMILES string of the molecule is C=N/C(=N\C(C)(C)C(F)(F)F)N1CCC1C. The van der Waals surface area contributed by atoms with E-state index in [2.05, 4.69) is 16.7 Å². The van der Waals surface area contributed by atoms with E-state index in [0.717, 1.165) is 20.3 Å². The fraction of sp³-hybridized carbons (Fsp3) is 0.800. The molecule has 3 nitrogen and oxygen atoms in total. The molecule has 0 aromatic rings. The topological polar surface area (TPSA) is 28.0 Å². The van der Waals surface area contributed by atoms with Crippen LogP contribution >= 0.6 is 0 Å². The molecule has 6 heteroatoms. The number of alkyl halides is 3. The minimum absolute atomic E-state index is 0.0843. The molecule has 92 valence electrons. The van der Waals surface area contributed by atoms with Crippen molar-refractivity contribution >= 4 is 12.7 Å². The summed E-state index contributed by atoms with van der Waals surface area (Å²) in [6, 6.07) is 0.188. The van der Waals surface area contributed by atoms with Crippen molar-refractivity contribution < 1.29 is 13.2 Å². The molecule has 1 heterocycles. The van der Waals surface area contributed by atoms with Crippen LogP contribution < -0.4 is 0 Å². The van der Waals surface area contributed by atoms with E-state index in [1.54, 1.807) is 4.90 Å². The number of halogens is 3. The lowest BCUT2D eigenvalue weighted by Crippen LogP contribution is -2.50. The van der Waals surface area contributed by atoms with Gasteiger partial charge >= 0.3 is 6.18 Å². The van der Waals surface area contributed by atoms with E-state index >= 15 is 0 Å². The van der Waals surface area contributed by atoms with Crippen LogP contribution in [0.25, 0.3) is 0 Å². The molecule has 0 radical (unpaired) electrons. The molecule has 1 unspecified atom stereocenters. The number of hydrogen-bond acceptors (Lipinski definition) is 1. The number of likely N-dealkylation sites (tertiary alicyclic amines) is 1. The molecular weight excluding hydrogens is 219 g/mol. The first-order chi connectivity index (χ1) is 7.19. The average molecular weight is 235 g/mol. The van der Waals surface area contributed by atoms with Crippen LogP contribution in [0.15, 0.2) is 9.98 Å². The van der Waals surface area contributed by atoms with Crippen molar-refractivity contribution in [1.29, 1.82) is 0 Å². The Balaban J connectivity index is 2.91. The molecule has 0 N–H and O–H groups in total. The van der Waals surface area contributed by atoms with Crippen LogP contribution in [0.1, 0.15) is 27.2 Å². The molecular formula is C10H16F3N3. The first-order valence-electron chi connectivity index (χ1n) is 5.09. The third-order valence-electron chi connectivity index (χ3n) is 2.79. The Kier molecular flexibility index (Phi) is 3.30. The standard InChI is InChI=1S/C10H16F3N3/c1-7-5-6-16(7)8(14-4)15-9(2,3)10(11,12)13/h7H,4-6H2,1-3H3/b15-8+. The summed E-state index contributed by atoms with van der Waals surface area (Å²) in [5.74, 6) is 0.0843. The monoisotopic (exact) mass is 235 g/mol. The van der Waals surface area contributed by atoms with Crippen molar-refractivity contribution in [2.45, 2.75) is 44.9 Å².